The van der Waals surface area contributed by atoms with E-state index in [0.717, 1.165) is 5.69 Å². The summed E-state index contributed by atoms with van der Waals surface area (Å²) < 4.78 is 0.494. The highest BCUT2D eigenvalue weighted by molar-refractivity contribution is 8.11. The number of benzene rings is 1. The third-order valence-corrected chi connectivity index (χ3v) is 1.52. The highest BCUT2D eigenvalue weighted by Gasteiger charge is 1.90. The Morgan fingerprint density at radius 1 is 1.36 bits per heavy atom. The van der Waals surface area contributed by atoms with Crippen LogP contribution in [0.3, 0.4) is 0 Å². The van der Waals surface area contributed by atoms with Crippen LogP contribution in [-0.4, -0.2) is 4.32 Å². The minimum atomic E-state index is 0.494. The molecule has 0 aromatic heterocycles. The molecule has 0 atom stereocenters. The molecule has 0 radical (unpaired) electrons. The number of aryl methyl sites for hydroxylation is 1. The Hall–Kier alpha value is -0.540. The van der Waals surface area contributed by atoms with Gasteiger partial charge in [0.1, 0.15) is 4.32 Å². The summed E-state index contributed by atoms with van der Waals surface area (Å²) in [5.74, 6) is 0. The molecule has 1 aromatic rings. The van der Waals surface area contributed by atoms with Crippen molar-refractivity contribution in [1.29, 1.82) is 0 Å². The SMILES string of the molecule is Cc1ccc(NC(=S)S)cc1. The molecular formula is C8H9NS2. The average molecular weight is 183 g/mol. The fraction of sp³-hybridized carbons (Fsp3) is 0.125. The normalized spacial score (nSPS) is 9.27. The van der Waals surface area contributed by atoms with E-state index < -0.39 is 0 Å². The van der Waals surface area contributed by atoms with E-state index in [0.29, 0.717) is 4.32 Å². The van der Waals surface area contributed by atoms with E-state index in [4.69, 9.17) is 12.2 Å². The molecule has 0 aliphatic heterocycles. The van der Waals surface area contributed by atoms with E-state index in [1.807, 2.05) is 31.2 Å². The summed E-state index contributed by atoms with van der Waals surface area (Å²) in [6.07, 6.45) is 0. The van der Waals surface area contributed by atoms with Crippen molar-refractivity contribution in [2.24, 2.45) is 0 Å². The number of nitrogens with one attached hydrogen (secondary N) is 1. The van der Waals surface area contributed by atoms with E-state index in [9.17, 15) is 0 Å². The van der Waals surface area contributed by atoms with Crippen LogP contribution in [0.1, 0.15) is 5.56 Å². The van der Waals surface area contributed by atoms with Crippen molar-refractivity contribution in [3.8, 4) is 0 Å². The highest BCUT2D eigenvalue weighted by atomic mass is 32.1. The largest absolute Gasteiger partial charge is 0.341 e. The summed E-state index contributed by atoms with van der Waals surface area (Å²) in [6.45, 7) is 2.04. The van der Waals surface area contributed by atoms with Gasteiger partial charge in [0.25, 0.3) is 0 Å². The molecule has 0 saturated heterocycles. The van der Waals surface area contributed by atoms with Crippen LogP contribution in [0.4, 0.5) is 5.69 Å². The molecule has 11 heavy (non-hydrogen) atoms. The van der Waals surface area contributed by atoms with Gasteiger partial charge in [-0.05, 0) is 19.1 Å². The third kappa shape index (κ3) is 2.91. The van der Waals surface area contributed by atoms with E-state index in [1.165, 1.54) is 5.56 Å². The van der Waals surface area contributed by atoms with Gasteiger partial charge in [-0.15, -0.1) is 12.6 Å². The van der Waals surface area contributed by atoms with E-state index in [-0.39, 0.29) is 0 Å². The summed E-state index contributed by atoms with van der Waals surface area (Å²) in [5.41, 5.74) is 2.22. The minimum Gasteiger partial charge on any atom is -0.341 e. The lowest BCUT2D eigenvalue weighted by molar-refractivity contribution is 1.47. The van der Waals surface area contributed by atoms with Crippen LogP contribution >= 0.6 is 24.8 Å². The number of anilines is 1. The molecule has 1 nitrogen and oxygen atoms in total. The van der Waals surface area contributed by atoms with Crippen molar-refractivity contribution < 1.29 is 0 Å². The maximum atomic E-state index is 4.76. The second-order valence-corrected chi connectivity index (χ2v) is 3.45. The number of hydrogen-bond donors (Lipinski definition) is 2. The Labute approximate surface area is 77.2 Å². The zero-order valence-electron chi connectivity index (χ0n) is 6.16. The maximum absolute atomic E-state index is 4.76. The molecule has 0 aliphatic rings. The zero-order chi connectivity index (χ0) is 8.27. The summed E-state index contributed by atoms with van der Waals surface area (Å²) in [7, 11) is 0. The Morgan fingerprint density at radius 3 is 2.36 bits per heavy atom. The zero-order valence-corrected chi connectivity index (χ0v) is 7.88. The van der Waals surface area contributed by atoms with Crippen LogP contribution in [0.2, 0.25) is 0 Å². The molecule has 1 aromatic carbocycles. The van der Waals surface area contributed by atoms with Gasteiger partial charge in [-0.1, -0.05) is 29.9 Å². The molecule has 0 heterocycles. The van der Waals surface area contributed by atoms with Gasteiger partial charge in [-0.3, -0.25) is 0 Å². The van der Waals surface area contributed by atoms with Gasteiger partial charge in [0.2, 0.25) is 0 Å². The molecule has 0 aliphatic carbocycles. The topological polar surface area (TPSA) is 12.0 Å². The standard InChI is InChI=1S/C8H9NS2/c1-6-2-4-7(5-3-6)9-8(10)11/h2-5H,1H3,(H2,9,10,11). The first-order valence-corrected chi connectivity index (χ1v) is 4.10. The molecule has 0 amide bonds. The minimum absolute atomic E-state index is 0.494. The lowest BCUT2D eigenvalue weighted by Crippen LogP contribution is -1.99. The van der Waals surface area contributed by atoms with Crippen LogP contribution in [0.5, 0.6) is 0 Å². The van der Waals surface area contributed by atoms with Gasteiger partial charge in [-0.2, -0.15) is 0 Å². The van der Waals surface area contributed by atoms with E-state index in [1.54, 1.807) is 0 Å². The first-order chi connectivity index (χ1) is 5.18. The van der Waals surface area contributed by atoms with Crippen molar-refractivity contribution in [3.05, 3.63) is 29.8 Å². The Balaban J connectivity index is 2.74. The predicted molar refractivity (Wildman–Crippen MR) is 56.4 cm³/mol. The quantitative estimate of drug-likeness (QED) is 0.513. The lowest BCUT2D eigenvalue weighted by Gasteiger charge is -2.01. The Morgan fingerprint density at radius 2 is 1.91 bits per heavy atom. The summed E-state index contributed by atoms with van der Waals surface area (Å²) >= 11 is 8.72. The van der Waals surface area contributed by atoms with Gasteiger partial charge in [-0.25, -0.2) is 0 Å². The Kier molecular flexibility index (Phi) is 2.91. The van der Waals surface area contributed by atoms with Crippen molar-refractivity contribution in [3.63, 3.8) is 0 Å². The maximum Gasteiger partial charge on any atom is 0.135 e. The van der Waals surface area contributed by atoms with Crippen molar-refractivity contribution >= 4 is 34.9 Å². The van der Waals surface area contributed by atoms with Crippen LogP contribution in [0.15, 0.2) is 24.3 Å². The van der Waals surface area contributed by atoms with Gasteiger partial charge in [0.05, 0.1) is 0 Å². The summed E-state index contributed by atoms with van der Waals surface area (Å²) in [4.78, 5) is 0. The van der Waals surface area contributed by atoms with Crippen LogP contribution < -0.4 is 5.32 Å². The molecule has 1 rings (SSSR count). The van der Waals surface area contributed by atoms with Crippen LogP contribution in [0.25, 0.3) is 0 Å². The Bertz CT molecular complexity index is 253. The molecule has 58 valence electrons. The van der Waals surface area contributed by atoms with Gasteiger partial charge >= 0.3 is 0 Å². The average Bonchev–Trinajstić information content (AvgIpc) is 1.93. The van der Waals surface area contributed by atoms with Gasteiger partial charge < -0.3 is 5.32 Å². The van der Waals surface area contributed by atoms with Gasteiger partial charge in [0, 0.05) is 5.69 Å². The smallest absolute Gasteiger partial charge is 0.135 e. The first-order valence-electron chi connectivity index (χ1n) is 3.25. The molecular weight excluding hydrogens is 174 g/mol. The van der Waals surface area contributed by atoms with Crippen molar-refractivity contribution in [1.82, 2.24) is 0 Å². The van der Waals surface area contributed by atoms with Gasteiger partial charge in [0.15, 0.2) is 0 Å². The second-order valence-electron chi connectivity index (χ2n) is 2.30. The molecule has 1 N–H and O–H groups in total. The molecule has 0 spiro atoms. The first kappa shape index (κ1) is 8.56. The fourth-order valence-corrected chi connectivity index (χ4v) is 1.01. The van der Waals surface area contributed by atoms with Crippen LogP contribution in [-0.2, 0) is 0 Å². The highest BCUT2D eigenvalue weighted by Crippen LogP contribution is 2.08. The lowest BCUT2D eigenvalue weighted by atomic mass is 10.2. The molecule has 0 fully saturated rings. The molecule has 0 bridgehead atoms. The second kappa shape index (κ2) is 3.74. The number of rotatable bonds is 1. The summed E-state index contributed by atoms with van der Waals surface area (Å²) in [6, 6.07) is 7.98. The van der Waals surface area contributed by atoms with Crippen molar-refractivity contribution in [2.45, 2.75) is 6.92 Å². The van der Waals surface area contributed by atoms with Crippen molar-refractivity contribution in [2.75, 3.05) is 5.32 Å². The van der Waals surface area contributed by atoms with E-state index >= 15 is 0 Å². The third-order valence-electron chi connectivity index (χ3n) is 1.30. The summed E-state index contributed by atoms with van der Waals surface area (Å²) in [5, 5.41) is 2.93. The number of thiol groups is 1. The van der Waals surface area contributed by atoms with E-state index in [2.05, 4.69) is 17.9 Å². The molecule has 0 saturated carbocycles. The fourth-order valence-electron chi connectivity index (χ4n) is 0.760. The molecule has 0 unspecified atom stereocenters. The monoisotopic (exact) mass is 183 g/mol. The predicted octanol–water partition coefficient (Wildman–Crippen LogP) is 2.62. The number of thiocarbonyl (C=S) groups is 1. The molecule has 3 heteroatoms. The van der Waals surface area contributed by atoms with Crippen LogP contribution in [0, 0.1) is 6.92 Å². The number of hydrogen-bond acceptors (Lipinski definition) is 1.